The quantitative estimate of drug-likeness (QED) is 0.683. The normalized spacial score (nSPS) is 10.6. The van der Waals surface area contributed by atoms with Gasteiger partial charge in [-0.15, -0.1) is 11.8 Å². The first-order chi connectivity index (χ1) is 13.0. The summed E-state index contributed by atoms with van der Waals surface area (Å²) in [6.45, 7) is 3.87. The maximum absolute atomic E-state index is 12.5. The Hall–Kier alpha value is -2.86. The number of hydrogen-bond donors (Lipinski definition) is 1. The molecule has 0 fully saturated rings. The minimum absolute atomic E-state index is 0.139. The number of carbonyl (C=O) groups excluding carboxylic acids is 1. The van der Waals surface area contributed by atoms with Crippen LogP contribution in [0.5, 0.6) is 0 Å². The Kier molecular flexibility index (Phi) is 5.76. The van der Waals surface area contributed by atoms with Crippen LogP contribution in [-0.4, -0.2) is 21.9 Å². The number of aryl methyl sites for hydroxylation is 2. The molecule has 2 aromatic carbocycles. The summed E-state index contributed by atoms with van der Waals surface area (Å²) < 4.78 is 1.20. The lowest BCUT2D eigenvalue weighted by Gasteiger charge is -2.11. The van der Waals surface area contributed by atoms with E-state index in [4.69, 9.17) is 0 Å². The first kappa shape index (κ1) is 18.9. The number of amides is 1. The van der Waals surface area contributed by atoms with Crippen molar-refractivity contribution in [2.75, 3.05) is 11.6 Å². The van der Waals surface area contributed by atoms with Crippen LogP contribution in [0.1, 0.15) is 11.1 Å². The molecule has 1 heterocycles. The Morgan fingerprint density at radius 2 is 1.89 bits per heavy atom. The molecule has 0 spiro atoms. The molecule has 0 bridgehead atoms. The van der Waals surface area contributed by atoms with Crippen LogP contribution in [0, 0.1) is 13.8 Å². The summed E-state index contributed by atoms with van der Waals surface area (Å²) in [5.74, 6) is -0.288. The summed E-state index contributed by atoms with van der Waals surface area (Å²) in [6.07, 6.45) is 1.95. The van der Waals surface area contributed by atoms with Gasteiger partial charge in [-0.25, -0.2) is 4.68 Å². The second-order valence-corrected chi connectivity index (χ2v) is 7.13. The topological polar surface area (TPSA) is 64.0 Å². The molecule has 3 rings (SSSR count). The Morgan fingerprint density at radius 3 is 2.67 bits per heavy atom. The second kappa shape index (κ2) is 8.22. The average Bonchev–Trinajstić information content (AvgIpc) is 2.66. The molecule has 5 nitrogen and oxygen atoms in total. The van der Waals surface area contributed by atoms with E-state index in [0.717, 1.165) is 27.3 Å². The lowest BCUT2D eigenvalue weighted by atomic mass is 10.0. The number of anilines is 1. The number of benzene rings is 2. The molecule has 0 aliphatic rings. The predicted molar refractivity (Wildman–Crippen MR) is 110 cm³/mol. The van der Waals surface area contributed by atoms with Crippen molar-refractivity contribution in [3.8, 4) is 11.3 Å². The van der Waals surface area contributed by atoms with Gasteiger partial charge in [-0.2, -0.15) is 5.10 Å². The van der Waals surface area contributed by atoms with Gasteiger partial charge in [0, 0.05) is 16.5 Å². The molecule has 0 aliphatic carbocycles. The highest BCUT2D eigenvalue weighted by atomic mass is 32.2. The fourth-order valence-electron chi connectivity index (χ4n) is 2.79. The Morgan fingerprint density at radius 1 is 1.11 bits per heavy atom. The van der Waals surface area contributed by atoms with Crippen molar-refractivity contribution in [2.45, 2.75) is 25.3 Å². The van der Waals surface area contributed by atoms with Crippen LogP contribution in [0.2, 0.25) is 0 Å². The van der Waals surface area contributed by atoms with Crippen LogP contribution < -0.4 is 10.9 Å². The van der Waals surface area contributed by atoms with Crippen molar-refractivity contribution in [2.24, 2.45) is 0 Å². The van der Waals surface area contributed by atoms with Gasteiger partial charge >= 0.3 is 0 Å². The predicted octanol–water partition coefficient (Wildman–Crippen LogP) is 3.89. The van der Waals surface area contributed by atoms with E-state index >= 15 is 0 Å². The number of rotatable bonds is 5. The summed E-state index contributed by atoms with van der Waals surface area (Å²) >= 11 is 1.55. The first-order valence-corrected chi connectivity index (χ1v) is 9.79. The minimum atomic E-state index is -0.308. The van der Waals surface area contributed by atoms with Crippen molar-refractivity contribution in [3.63, 3.8) is 0 Å². The largest absolute Gasteiger partial charge is 0.323 e. The highest BCUT2D eigenvalue weighted by molar-refractivity contribution is 7.98. The molecule has 6 heteroatoms. The molecule has 1 N–H and O–H groups in total. The maximum Gasteiger partial charge on any atom is 0.267 e. The van der Waals surface area contributed by atoms with E-state index in [9.17, 15) is 9.59 Å². The van der Waals surface area contributed by atoms with Crippen molar-refractivity contribution >= 4 is 23.4 Å². The Labute approximate surface area is 162 Å². The van der Waals surface area contributed by atoms with E-state index in [1.807, 2.05) is 62.6 Å². The molecule has 3 aromatic rings. The lowest BCUT2D eigenvalue weighted by Crippen LogP contribution is -2.29. The average molecular weight is 379 g/mol. The highest BCUT2D eigenvalue weighted by Gasteiger charge is 2.11. The molecule has 27 heavy (non-hydrogen) atoms. The summed E-state index contributed by atoms with van der Waals surface area (Å²) in [5, 5.41) is 7.26. The second-order valence-electron chi connectivity index (χ2n) is 6.28. The molecule has 0 saturated carbocycles. The fourth-order valence-corrected chi connectivity index (χ4v) is 3.34. The van der Waals surface area contributed by atoms with Gasteiger partial charge in [-0.1, -0.05) is 29.8 Å². The fraction of sp³-hybridized carbons (Fsp3) is 0.190. The summed E-state index contributed by atoms with van der Waals surface area (Å²) in [5.41, 5.74) is 4.23. The van der Waals surface area contributed by atoms with Crippen molar-refractivity contribution in [1.82, 2.24) is 9.78 Å². The third-order valence-corrected chi connectivity index (χ3v) is 5.01. The van der Waals surface area contributed by atoms with Crippen LogP contribution in [-0.2, 0) is 11.3 Å². The molecular formula is C21H21N3O2S. The van der Waals surface area contributed by atoms with E-state index in [2.05, 4.69) is 10.4 Å². The van der Waals surface area contributed by atoms with Gasteiger partial charge in [-0.3, -0.25) is 9.59 Å². The Bertz CT molecular complexity index is 1040. The van der Waals surface area contributed by atoms with Gasteiger partial charge in [0.1, 0.15) is 6.54 Å². The van der Waals surface area contributed by atoms with Crippen LogP contribution in [0.15, 0.2) is 64.3 Å². The first-order valence-electron chi connectivity index (χ1n) is 8.56. The van der Waals surface area contributed by atoms with Gasteiger partial charge in [0.2, 0.25) is 5.91 Å². The van der Waals surface area contributed by atoms with Gasteiger partial charge in [0.25, 0.3) is 5.56 Å². The standard InChI is InChI=1S/C21H21N3O2S/c1-14-8-9-15(2)16(12-14)17-10-11-21(26)24(23-17)13-20(25)22-18-6-4-5-7-19(18)27-3/h4-12H,13H2,1-3H3,(H,22,25). The number of nitrogens with zero attached hydrogens (tertiary/aromatic N) is 2. The molecule has 0 aliphatic heterocycles. The number of nitrogens with one attached hydrogen (secondary N) is 1. The molecule has 0 unspecified atom stereocenters. The summed E-state index contributed by atoms with van der Waals surface area (Å²) in [7, 11) is 0. The van der Waals surface area contributed by atoms with E-state index in [1.165, 1.54) is 10.7 Å². The van der Waals surface area contributed by atoms with E-state index in [0.29, 0.717) is 5.69 Å². The lowest BCUT2D eigenvalue weighted by molar-refractivity contribution is -0.117. The molecule has 0 atom stereocenters. The van der Waals surface area contributed by atoms with E-state index in [1.54, 1.807) is 17.8 Å². The zero-order chi connectivity index (χ0) is 19.4. The SMILES string of the molecule is CSc1ccccc1NC(=O)Cn1nc(-c2cc(C)ccc2C)ccc1=O. The summed E-state index contributed by atoms with van der Waals surface area (Å²) in [4.78, 5) is 25.6. The minimum Gasteiger partial charge on any atom is -0.323 e. The third-order valence-electron chi connectivity index (χ3n) is 4.21. The van der Waals surface area contributed by atoms with Crippen LogP contribution in [0.4, 0.5) is 5.69 Å². The Balaban J connectivity index is 1.86. The maximum atomic E-state index is 12.5. The van der Waals surface area contributed by atoms with Crippen LogP contribution in [0.25, 0.3) is 11.3 Å². The van der Waals surface area contributed by atoms with Gasteiger partial charge in [0.15, 0.2) is 0 Å². The molecular weight excluding hydrogens is 358 g/mol. The zero-order valence-corrected chi connectivity index (χ0v) is 16.3. The highest BCUT2D eigenvalue weighted by Crippen LogP contribution is 2.24. The summed E-state index contributed by atoms with van der Waals surface area (Å²) in [6, 6.07) is 16.8. The molecule has 0 radical (unpaired) electrons. The molecule has 1 aromatic heterocycles. The van der Waals surface area contributed by atoms with E-state index < -0.39 is 0 Å². The van der Waals surface area contributed by atoms with Crippen LogP contribution >= 0.6 is 11.8 Å². The molecule has 0 saturated heterocycles. The number of hydrogen-bond acceptors (Lipinski definition) is 4. The zero-order valence-electron chi connectivity index (χ0n) is 15.5. The number of thioether (sulfide) groups is 1. The molecule has 1 amide bonds. The van der Waals surface area contributed by atoms with Crippen molar-refractivity contribution in [1.29, 1.82) is 0 Å². The van der Waals surface area contributed by atoms with Gasteiger partial charge in [-0.05, 0) is 49.9 Å². The van der Waals surface area contributed by atoms with Gasteiger partial charge in [0.05, 0.1) is 11.4 Å². The molecule has 138 valence electrons. The third kappa shape index (κ3) is 4.46. The van der Waals surface area contributed by atoms with E-state index in [-0.39, 0.29) is 18.0 Å². The smallest absolute Gasteiger partial charge is 0.267 e. The number of aromatic nitrogens is 2. The van der Waals surface area contributed by atoms with Crippen LogP contribution in [0.3, 0.4) is 0 Å². The van der Waals surface area contributed by atoms with Crippen molar-refractivity contribution < 1.29 is 4.79 Å². The number of carbonyl (C=O) groups is 1. The van der Waals surface area contributed by atoms with Crippen molar-refractivity contribution in [3.05, 3.63) is 76.1 Å². The number of para-hydroxylation sites is 1. The van der Waals surface area contributed by atoms with Gasteiger partial charge < -0.3 is 5.32 Å². The monoisotopic (exact) mass is 379 g/mol.